The van der Waals surface area contributed by atoms with Crippen molar-refractivity contribution in [3.05, 3.63) is 64.7 Å². The average molecular weight is 406 g/mol. The Kier molecular flexibility index (Phi) is 7.88. The van der Waals surface area contributed by atoms with E-state index in [1.165, 1.54) is 6.92 Å². The van der Waals surface area contributed by atoms with Crippen LogP contribution in [0.4, 0.5) is 5.69 Å². The van der Waals surface area contributed by atoms with Crippen LogP contribution in [-0.2, 0) is 14.3 Å². The molecule has 0 unspecified atom stereocenters. The molecule has 1 atom stereocenters. The third-order valence-corrected chi connectivity index (χ3v) is 4.75. The van der Waals surface area contributed by atoms with Gasteiger partial charge >= 0.3 is 5.97 Å². The molecule has 0 heterocycles. The highest BCUT2D eigenvalue weighted by Gasteiger charge is 2.19. The molecular weight excluding hydrogens is 386 g/mol. The fourth-order valence-electron chi connectivity index (χ4n) is 2.19. The van der Waals surface area contributed by atoms with Crippen LogP contribution in [0.1, 0.15) is 22.8 Å². The van der Waals surface area contributed by atoms with Gasteiger partial charge in [0.1, 0.15) is 0 Å². The molecule has 2 aromatic rings. The first-order valence-corrected chi connectivity index (χ1v) is 9.82. The molecule has 0 aliphatic rings. The molecule has 0 radical (unpaired) electrons. The van der Waals surface area contributed by atoms with E-state index in [0.717, 1.165) is 17.3 Å². The number of amides is 1. The van der Waals surface area contributed by atoms with Gasteiger partial charge in [0.15, 0.2) is 6.10 Å². The molecule has 7 heteroatoms. The minimum atomic E-state index is -0.872. The van der Waals surface area contributed by atoms with Crippen molar-refractivity contribution in [3.63, 3.8) is 0 Å². The zero-order valence-corrected chi connectivity index (χ0v) is 16.6. The molecule has 0 fully saturated rings. The van der Waals surface area contributed by atoms with Gasteiger partial charge < -0.3 is 10.1 Å². The molecular formula is C20H20ClNO4S. The van der Waals surface area contributed by atoms with Gasteiger partial charge in [-0.1, -0.05) is 41.4 Å². The predicted octanol–water partition coefficient (Wildman–Crippen LogP) is 4.13. The van der Waals surface area contributed by atoms with E-state index < -0.39 is 12.1 Å². The maximum absolute atomic E-state index is 12.2. The van der Waals surface area contributed by atoms with E-state index in [2.05, 4.69) is 5.32 Å². The normalized spacial score (nSPS) is 11.5. The molecule has 0 aliphatic carbocycles. The van der Waals surface area contributed by atoms with Crippen molar-refractivity contribution in [3.8, 4) is 0 Å². The van der Waals surface area contributed by atoms with Crippen LogP contribution >= 0.6 is 23.4 Å². The molecule has 0 spiro atoms. The van der Waals surface area contributed by atoms with Crippen LogP contribution in [0, 0.1) is 6.92 Å². The van der Waals surface area contributed by atoms with Gasteiger partial charge in [0.2, 0.25) is 11.7 Å². The highest BCUT2D eigenvalue weighted by molar-refractivity contribution is 8.00. The summed E-state index contributed by atoms with van der Waals surface area (Å²) in [4.78, 5) is 36.0. The number of hydrogen-bond acceptors (Lipinski definition) is 5. The summed E-state index contributed by atoms with van der Waals surface area (Å²) < 4.78 is 5.15. The molecule has 27 heavy (non-hydrogen) atoms. The molecule has 5 nitrogen and oxygen atoms in total. The zero-order valence-electron chi connectivity index (χ0n) is 15.0. The first-order valence-electron chi connectivity index (χ1n) is 8.28. The summed E-state index contributed by atoms with van der Waals surface area (Å²) in [6.45, 7) is 3.47. The summed E-state index contributed by atoms with van der Waals surface area (Å²) in [6, 6.07) is 13.8. The van der Waals surface area contributed by atoms with Gasteiger partial charge in [0, 0.05) is 16.3 Å². The van der Waals surface area contributed by atoms with Crippen LogP contribution < -0.4 is 5.32 Å². The smallest absolute Gasteiger partial charge is 0.316 e. The Bertz CT molecular complexity index is 806. The van der Waals surface area contributed by atoms with Gasteiger partial charge in [-0.15, -0.1) is 11.8 Å². The topological polar surface area (TPSA) is 72.5 Å². The number of Topliss-reactive ketones (excluding diaryl/α,β-unsaturated/α-hetero) is 1. The quantitative estimate of drug-likeness (QED) is 0.528. The number of carbonyl (C=O) groups excluding carboxylic acids is 3. The van der Waals surface area contributed by atoms with Crippen molar-refractivity contribution in [2.75, 3.05) is 16.8 Å². The number of ketones is 1. The molecule has 142 valence electrons. The second-order valence-corrected chi connectivity index (χ2v) is 7.33. The fourth-order valence-corrected chi connectivity index (χ4v) is 2.91. The van der Waals surface area contributed by atoms with Crippen molar-refractivity contribution in [1.82, 2.24) is 0 Å². The summed E-state index contributed by atoms with van der Waals surface area (Å²) in [5, 5.41) is 3.29. The molecule has 2 rings (SSSR count). The van der Waals surface area contributed by atoms with E-state index in [1.807, 2.05) is 19.1 Å². The Morgan fingerprint density at radius 3 is 2.30 bits per heavy atom. The summed E-state index contributed by atoms with van der Waals surface area (Å²) in [6.07, 6.45) is -0.872. The summed E-state index contributed by atoms with van der Waals surface area (Å²) >= 11 is 6.90. The minimum absolute atomic E-state index is 0.0143. The lowest BCUT2D eigenvalue weighted by atomic mass is 10.1. The average Bonchev–Trinajstić information content (AvgIpc) is 2.63. The van der Waals surface area contributed by atoms with Crippen LogP contribution in [0.15, 0.2) is 48.5 Å². The SMILES string of the molecule is Cc1ccc(C(=O)[C@H](C)OC(=O)CSCC(=O)Nc2ccc(Cl)cc2)cc1. The minimum Gasteiger partial charge on any atom is -0.454 e. The Morgan fingerprint density at radius 2 is 1.67 bits per heavy atom. The van der Waals surface area contributed by atoms with Crippen molar-refractivity contribution < 1.29 is 19.1 Å². The lowest BCUT2D eigenvalue weighted by Gasteiger charge is -2.12. The number of carbonyl (C=O) groups is 3. The predicted molar refractivity (Wildman–Crippen MR) is 108 cm³/mol. The van der Waals surface area contributed by atoms with E-state index in [0.29, 0.717) is 16.3 Å². The van der Waals surface area contributed by atoms with Gasteiger partial charge in [-0.05, 0) is 38.1 Å². The Labute approximate surface area is 167 Å². The van der Waals surface area contributed by atoms with Crippen molar-refractivity contribution in [2.24, 2.45) is 0 Å². The van der Waals surface area contributed by atoms with Crippen molar-refractivity contribution in [1.29, 1.82) is 0 Å². The summed E-state index contributed by atoms with van der Waals surface area (Å²) in [5.74, 6) is -0.947. The van der Waals surface area contributed by atoms with Gasteiger partial charge in [0.05, 0.1) is 11.5 Å². The number of esters is 1. The molecule has 0 bridgehead atoms. The fraction of sp³-hybridized carbons (Fsp3) is 0.250. The van der Waals surface area contributed by atoms with Crippen molar-refractivity contribution >= 4 is 46.7 Å². The standard InChI is InChI=1S/C20H20ClNO4S/c1-13-3-5-15(6-4-13)20(25)14(2)26-19(24)12-27-11-18(23)22-17-9-7-16(21)8-10-17/h3-10,14H,11-12H2,1-2H3,(H,22,23)/t14-/m0/s1. The third kappa shape index (κ3) is 7.07. The number of benzene rings is 2. The maximum atomic E-state index is 12.2. The lowest BCUT2D eigenvalue weighted by Crippen LogP contribution is -2.25. The number of hydrogen-bond donors (Lipinski definition) is 1. The van der Waals surface area contributed by atoms with Crippen LogP contribution in [0.2, 0.25) is 5.02 Å². The molecule has 1 N–H and O–H groups in total. The van der Waals surface area contributed by atoms with E-state index >= 15 is 0 Å². The van der Waals surface area contributed by atoms with E-state index in [9.17, 15) is 14.4 Å². The largest absolute Gasteiger partial charge is 0.454 e. The van der Waals surface area contributed by atoms with Gasteiger partial charge in [-0.2, -0.15) is 0 Å². The molecule has 0 saturated carbocycles. The van der Waals surface area contributed by atoms with E-state index in [1.54, 1.807) is 36.4 Å². The van der Waals surface area contributed by atoms with Crippen molar-refractivity contribution in [2.45, 2.75) is 20.0 Å². The maximum Gasteiger partial charge on any atom is 0.316 e. The van der Waals surface area contributed by atoms with Crippen LogP contribution in [0.3, 0.4) is 0 Å². The highest BCUT2D eigenvalue weighted by Crippen LogP contribution is 2.14. The number of nitrogens with one attached hydrogen (secondary N) is 1. The van der Waals surface area contributed by atoms with Gasteiger partial charge in [0.25, 0.3) is 0 Å². The molecule has 1 amide bonds. The lowest BCUT2D eigenvalue weighted by molar-refractivity contribution is -0.143. The summed E-state index contributed by atoms with van der Waals surface area (Å²) in [7, 11) is 0. The zero-order chi connectivity index (χ0) is 19.8. The van der Waals surface area contributed by atoms with Crippen LogP contribution in [0.5, 0.6) is 0 Å². The number of ether oxygens (including phenoxy) is 1. The Morgan fingerprint density at radius 1 is 1.04 bits per heavy atom. The first kappa shape index (κ1) is 21.0. The molecule has 0 aliphatic heterocycles. The highest BCUT2D eigenvalue weighted by atomic mass is 35.5. The summed E-state index contributed by atoms with van der Waals surface area (Å²) in [5.41, 5.74) is 2.17. The number of aryl methyl sites for hydroxylation is 1. The molecule has 2 aromatic carbocycles. The molecule has 0 saturated heterocycles. The number of rotatable bonds is 8. The monoisotopic (exact) mass is 405 g/mol. The molecule has 0 aromatic heterocycles. The Balaban J connectivity index is 1.72. The van der Waals surface area contributed by atoms with Gasteiger partial charge in [-0.25, -0.2) is 0 Å². The van der Waals surface area contributed by atoms with Crippen LogP contribution in [-0.4, -0.2) is 35.3 Å². The number of halogens is 1. The number of thioether (sulfide) groups is 1. The third-order valence-electron chi connectivity index (χ3n) is 3.59. The van der Waals surface area contributed by atoms with Gasteiger partial charge in [-0.3, -0.25) is 14.4 Å². The Hall–Kier alpha value is -2.31. The van der Waals surface area contributed by atoms with Crippen LogP contribution in [0.25, 0.3) is 0 Å². The second-order valence-electron chi connectivity index (χ2n) is 5.91. The van der Waals surface area contributed by atoms with E-state index in [4.69, 9.17) is 16.3 Å². The van der Waals surface area contributed by atoms with E-state index in [-0.39, 0.29) is 23.2 Å². The second kappa shape index (κ2) is 10.1. The first-order chi connectivity index (χ1) is 12.8. The number of anilines is 1.